The number of hydroxylamine groups is 2. The maximum absolute atomic E-state index is 13.8. The smallest absolute Gasteiger partial charge is 0.269 e. The molecule has 4 rings (SSSR count). The van der Waals surface area contributed by atoms with Gasteiger partial charge in [0.1, 0.15) is 5.82 Å². The molecule has 1 N–H and O–H groups in total. The summed E-state index contributed by atoms with van der Waals surface area (Å²) < 4.78 is 13.8. The number of rotatable bonds is 7. The quantitative estimate of drug-likeness (QED) is 0.177. The van der Waals surface area contributed by atoms with Gasteiger partial charge >= 0.3 is 0 Å². The second-order valence-electron chi connectivity index (χ2n) is 7.98. The number of nitrogens with one attached hydrogen (secondary N) is 1. The Labute approximate surface area is 208 Å². The number of hydrogen-bond acceptors (Lipinski definition) is 3. The van der Waals surface area contributed by atoms with Crippen LogP contribution in [-0.4, -0.2) is 35.3 Å². The summed E-state index contributed by atoms with van der Waals surface area (Å²) in [5.41, 5.74) is 6.56. The second-order valence-corrected chi connectivity index (χ2v) is 8.38. The molecule has 1 aromatic heterocycles. The lowest BCUT2D eigenvalue weighted by atomic mass is 9.87. The average molecular weight is 490 g/mol. The molecule has 35 heavy (non-hydrogen) atoms. The molecule has 0 spiro atoms. The summed E-state index contributed by atoms with van der Waals surface area (Å²) in [6, 6.07) is 18.5. The van der Waals surface area contributed by atoms with Crippen LogP contribution >= 0.6 is 11.6 Å². The highest BCUT2D eigenvalue weighted by atomic mass is 35.5. The van der Waals surface area contributed by atoms with E-state index in [1.54, 1.807) is 25.4 Å². The lowest BCUT2D eigenvalue weighted by Gasteiger charge is -2.18. The van der Waals surface area contributed by atoms with E-state index in [2.05, 4.69) is 23.2 Å². The normalized spacial score (nSPS) is 12.3. The van der Waals surface area contributed by atoms with E-state index >= 15 is 0 Å². The zero-order chi connectivity index (χ0) is 24.9. The predicted octanol–water partition coefficient (Wildman–Crippen LogP) is 6.76. The van der Waals surface area contributed by atoms with Crippen LogP contribution in [0.1, 0.15) is 35.6 Å². The van der Waals surface area contributed by atoms with Crippen molar-refractivity contribution < 1.29 is 14.0 Å². The largest absolute Gasteiger partial charge is 0.278 e. The third kappa shape index (κ3) is 5.34. The lowest BCUT2D eigenvalue weighted by Crippen LogP contribution is -2.22. The maximum atomic E-state index is 13.8. The minimum absolute atomic E-state index is 0.259. The van der Waals surface area contributed by atoms with E-state index in [0.717, 1.165) is 49.4 Å². The first-order valence-electron chi connectivity index (χ1n) is 11.1. The lowest BCUT2D eigenvalue weighted by molar-refractivity contribution is -0.162. The molecule has 0 bridgehead atoms. The van der Waals surface area contributed by atoms with Gasteiger partial charge in [-0.25, -0.2) is 9.45 Å². The molecule has 0 saturated carbocycles. The number of amides is 1. The number of likely N-dealkylation sites (N-methyl/N-ethyl adjacent to an activating group) is 1. The van der Waals surface area contributed by atoms with Crippen LogP contribution in [0, 0.1) is 5.82 Å². The second kappa shape index (κ2) is 10.7. The van der Waals surface area contributed by atoms with Crippen molar-refractivity contribution in [2.24, 2.45) is 0 Å². The first-order valence-corrected chi connectivity index (χ1v) is 11.5. The van der Waals surface area contributed by atoms with Gasteiger partial charge in [0.2, 0.25) is 0 Å². The molecule has 5 nitrogen and oxygen atoms in total. The van der Waals surface area contributed by atoms with E-state index in [1.807, 2.05) is 36.4 Å². The number of H-pyrrole nitrogens is 1. The van der Waals surface area contributed by atoms with Crippen molar-refractivity contribution in [2.45, 2.75) is 13.3 Å². The summed E-state index contributed by atoms with van der Waals surface area (Å²) in [4.78, 5) is 16.9. The molecule has 7 heteroatoms. The van der Waals surface area contributed by atoms with Crippen LogP contribution in [0.3, 0.4) is 0 Å². The Hall–Kier alpha value is -3.74. The molecule has 0 radical (unpaired) electrons. The van der Waals surface area contributed by atoms with E-state index in [1.165, 1.54) is 25.3 Å². The monoisotopic (exact) mass is 489 g/mol. The van der Waals surface area contributed by atoms with Gasteiger partial charge in [0.25, 0.3) is 5.91 Å². The van der Waals surface area contributed by atoms with Gasteiger partial charge in [-0.15, -0.1) is 0 Å². The van der Waals surface area contributed by atoms with Crippen LogP contribution < -0.4 is 0 Å². The number of carbonyl (C=O) groups is 1. The third-order valence-electron chi connectivity index (χ3n) is 5.84. The molecule has 178 valence electrons. The molecule has 0 atom stereocenters. The van der Waals surface area contributed by atoms with Gasteiger partial charge in [-0.3, -0.25) is 14.7 Å². The van der Waals surface area contributed by atoms with Gasteiger partial charge in [-0.2, -0.15) is 5.10 Å². The summed E-state index contributed by atoms with van der Waals surface area (Å²) in [7, 11) is 2.99. The highest BCUT2D eigenvalue weighted by molar-refractivity contribution is 6.32. The van der Waals surface area contributed by atoms with Gasteiger partial charge in [-0.05, 0) is 70.2 Å². The Bertz CT molecular complexity index is 1420. The molecule has 3 aromatic carbocycles. The first-order chi connectivity index (χ1) is 16.9. The third-order valence-corrected chi connectivity index (χ3v) is 6.16. The van der Waals surface area contributed by atoms with Crippen LogP contribution in [0.4, 0.5) is 4.39 Å². The Balaban J connectivity index is 1.84. The molecule has 0 fully saturated rings. The number of carbonyl (C=O) groups excluding carboxylic acids is 1. The molecule has 0 saturated heterocycles. The topological polar surface area (TPSA) is 58.2 Å². The van der Waals surface area contributed by atoms with Gasteiger partial charge < -0.3 is 0 Å². The average Bonchev–Trinajstić information content (AvgIpc) is 3.34. The summed E-state index contributed by atoms with van der Waals surface area (Å²) in [5.74, 6) is -0.634. The van der Waals surface area contributed by atoms with Crippen LogP contribution in [0.5, 0.6) is 0 Å². The molecule has 1 amide bonds. The predicted molar refractivity (Wildman–Crippen MR) is 139 cm³/mol. The standard InChI is InChI=1S/C28H25ClFN3O2/c1-4-23(24-12-11-22(30)16-25(24)29)28(20-10-13-26-21(15-20)17-31-32-26)19-8-5-18(6-9-19)7-14-27(34)33(2)35-3/h5-17H,4H2,1-3H3,(H,31,32)/b14-7+,28-23+. The van der Waals surface area contributed by atoms with Crippen LogP contribution in [0.25, 0.3) is 28.1 Å². The number of halogens is 2. The molecule has 0 aliphatic carbocycles. The van der Waals surface area contributed by atoms with E-state index in [-0.39, 0.29) is 11.7 Å². The number of allylic oxidation sites excluding steroid dienone is 1. The van der Waals surface area contributed by atoms with Crippen molar-refractivity contribution in [3.8, 4) is 0 Å². The van der Waals surface area contributed by atoms with Gasteiger partial charge in [0.15, 0.2) is 0 Å². The van der Waals surface area contributed by atoms with E-state index in [9.17, 15) is 9.18 Å². The van der Waals surface area contributed by atoms with Crippen molar-refractivity contribution in [1.82, 2.24) is 15.3 Å². The summed E-state index contributed by atoms with van der Waals surface area (Å²) in [6.07, 6.45) is 5.66. The van der Waals surface area contributed by atoms with Crippen LogP contribution in [0.2, 0.25) is 5.02 Å². The molecule has 0 aliphatic heterocycles. The Morgan fingerprint density at radius 1 is 1.11 bits per heavy atom. The Morgan fingerprint density at radius 2 is 1.86 bits per heavy atom. The minimum Gasteiger partial charge on any atom is -0.278 e. The Morgan fingerprint density at radius 3 is 2.54 bits per heavy atom. The van der Waals surface area contributed by atoms with Gasteiger partial charge in [0.05, 0.1) is 23.8 Å². The fourth-order valence-electron chi connectivity index (χ4n) is 3.97. The van der Waals surface area contributed by atoms with E-state index in [4.69, 9.17) is 16.4 Å². The zero-order valence-electron chi connectivity index (χ0n) is 19.7. The van der Waals surface area contributed by atoms with Crippen molar-refractivity contribution in [3.05, 3.63) is 106 Å². The van der Waals surface area contributed by atoms with E-state index in [0.29, 0.717) is 11.4 Å². The van der Waals surface area contributed by atoms with E-state index < -0.39 is 0 Å². The SMILES string of the molecule is CC/C(=C(/c1ccc(/C=C/C(=O)N(C)OC)cc1)c1ccc2[nH]ncc2c1)c1ccc(F)cc1Cl. The maximum Gasteiger partial charge on any atom is 0.269 e. The van der Waals surface area contributed by atoms with Crippen molar-refractivity contribution in [2.75, 3.05) is 14.2 Å². The van der Waals surface area contributed by atoms with Crippen molar-refractivity contribution in [1.29, 1.82) is 0 Å². The summed E-state index contributed by atoms with van der Waals surface area (Å²) >= 11 is 6.49. The van der Waals surface area contributed by atoms with Crippen molar-refractivity contribution in [3.63, 3.8) is 0 Å². The molecular formula is C28H25ClFN3O2. The Kier molecular flexibility index (Phi) is 7.44. The fraction of sp³-hybridized carbons (Fsp3) is 0.143. The summed E-state index contributed by atoms with van der Waals surface area (Å²) in [5, 5.41) is 9.62. The highest BCUT2D eigenvalue weighted by Crippen LogP contribution is 2.38. The number of fused-ring (bicyclic) bond motifs is 1. The minimum atomic E-state index is -0.375. The van der Waals surface area contributed by atoms with Crippen LogP contribution in [0.15, 0.2) is 72.9 Å². The highest BCUT2D eigenvalue weighted by Gasteiger charge is 2.16. The number of nitrogens with zero attached hydrogens (tertiary/aromatic N) is 2. The molecule has 0 aliphatic rings. The number of aromatic nitrogens is 2. The molecular weight excluding hydrogens is 465 g/mol. The van der Waals surface area contributed by atoms with Crippen molar-refractivity contribution >= 4 is 45.6 Å². The number of aromatic amines is 1. The molecule has 1 heterocycles. The first kappa shape index (κ1) is 24.4. The van der Waals surface area contributed by atoms with Gasteiger partial charge in [-0.1, -0.05) is 54.9 Å². The van der Waals surface area contributed by atoms with Gasteiger partial charge in [0, 0.05) is 18.5 Å². The molecule has 4 aromatic rings. The zero-order valence-corrected chi connectivity index (χ0v) is 20.4. The molecule has 0 unspecified atom stereocenters. The van der Waals surface area contributed by atoms with Crippen LogP contribution in [-0.2, 0) is 9.63 Å². The fourth-order valence-corrected chi connectivity index (χ4v) is 4.25. The number of benzene rings is 3. The number of hydrogen-bond donors (Lipinski definition) is 1. The summed E-state index contributed by atoms with van der Waals surface area (Å²) in [6.45, 7) is 2.06.